The molecule has 0 amide bonds. The van der Waals surface area contributed by atoms with Crippen LogP contribution in [0.3, 0.4) is 0 Å². The third-order valence-corrected chi connectivity index (χ3v) is 3.96. The van der Waals surface area contributed by atoms with Crippen LogP contribution >= 0.6 is 0 Å². The highest BCUT2D eigenvalue weighted by atomic mass is 16.5. The average molecular weight is 316 g/mol. The van der Waals surface area contributed by atoms with E-state index in [9.17, 15) is 0 Å². The molecule has 0 saturated heterocycles. The molecule has 1 N–H and O–H groups in total. The number of fused-ring (bicyclic) bond motifs is 1. The Labute approximate surface area is 139 Å². The van der Waals surface area contributed by atoms with Crippen LogP contribution in [0.1, 0.15) is 11.4 Å². The summed E-state index contributed by atoms with van der Waals surface area (Å²) >= 11 is 0. The van der Waals surface area contributed by atoms with Crippen LogP contribution in [-0.4, -0.2) is 27.0 Å². The minimum absolute atomic E-state index is 0.658. The summed E-state index contributed by atoms with van der Waals surface area (Å²) in [4.78, 5) is 16.6. The van der Waals surface area contributed by atoms with Gasteiger partial charge in [0.2, 0.25) is 0 Å². The van der Waals surface area contributed by atoms with Crippen LogP contribution in [0.4, 0.5) is 0 Å². The minimum Gasteiger partial charge on any atom is -0.497 e. The molecule has 3 aromatic heterocycles. The number of nitrogens with zero attached hydrogens (tertiary/aromatic N) is 3. The number of H-pyrrole nitrogens is 1. The summed E-state index contributed by atoms with van der Waals surface area (Å²) in [6.07, 6.45) is 8.05. The summed E-state index contributed by atoms with van der Waals surface area (Å²) in [7, 11) is 1.67. The van der Waals surface area contributed by atoms with Gasteiger partial charge in [-0.15, -0.1) is 0 Å². The second kappa shape index (κ2) is 6.12. The van der Waals surface area contributed by atoms with Crippen molar-refractivity contribution in [3.63, 3.8) is 0 Å². The van der Waals surface area contributed by atoms with E-state index in [-0.39, 0.29) is 0 Å². The van der Waals surface area contributed by atoms with Gasteiger partial charge in [-0.1, -0.05) is 12.1 Å². The highest BCUT2D eigenvalue weighted by Crippen LogP contribution is 2.26. The fourth-order valence-corrected chi connectivity index (χ4v) is 2.77. The third kappa shape index (κ3) is 2.72. The Morgan fingerprint density at radius 3 is 3.00 bits per heavy atom. The van der Waals surface area contributed by atoms with E-state index in [1.165, 1.54) is 0 Å². The van der Waals surface area contributed by atoms with Crippen molar-refractivity contribution in [2.24, 2.45) is 0 Å². The Morgan fingerprint density at radius 2 is 2.08 bits per heavy atom. The molecule has 0 radical (unpaired) electrons. The van der Waals surface area contributed by atoms with Gasteiger partial charge in [0.1, 0.15) is 11.6 Å². The second-order valence-electron chi connectivity index (χ2n) is 5.51. The molecule has 0 unspecified atom stereocenters. The normalized spacial score (nSPS) is 10.9. The average Bonchev–Trinajstić information content (AvgIpc) is 3.06. The summed E-state index contributed by atoms with van der Waals surface area (Å²) < 4.78 is 5.27. The first-order chi connectivity index (χ1) is 11.8. The fourth-order valence-electron chi connectivity index (χ4n) is 2.77. The van der Waals surface area contributed by atoms with Gasteiger partial charge in [-0.25, -0.2) is 9.97 Å². The van der Waals surface area contributed by atoms with Crippen molar-refractivity contribution >= 4 is 10.9 Å². The number of benzene rings is 1. The maximum atomic E-state index is 5.27. The zero-order chi connectivity index (χ0) is 16.4. The summed E-state index contributed by atoms with van der Waals surface area (Å²) in [6.45, 7) is 0. The van der Waals surface area contributed by atoms with Crippen molar-refractivity contribution in [2.45, 2.75) is 6.42 Å². The lowest BCUT2D eigenvalue weighted by Crippen LogP contribution is -1.98. The van der Waals surface area contributed by atoms with Crippen molar-refractivity contribution in [1.29, 1.82) is 0 Å². The fraction of sp³-hybridized carbons (Fsp3) is 0.105. The SMILES string of the molecule is COc1cccc(Cc2nccc(-c3c[nH]c4ccncc34)n2)c1. The van der Waals surface area contributed by atoms with Crippen molar-refractivity contribution in [2.75, 3.05) is 7.11 Å². The minimum atomic E-state index is 0.658. The maximum absolute atomic E-state index is 5.27. The molecule has 0 atom stereocenters. The van der Waals surface area contributed by atoms with E-state index in [4.69, 9.17) is 9.72 Å². The number of aromatic amines is 1. The smallest absolute Gasteiger partial charge is 0.133 e. The summed E-state index contributed by atoms with van der Waals surface area (Å²) in [6, 6.07) is 11.8. The molecule has 24 heavy (non-hydrogen) atoms. The van der Waals surface area contributed by atoms with Crippen LogP contribution in [0.2, 0.25) is 0 Å². The van der Waals surface area contributed by atoms with Crippen molar-refractivity contribution < 1.29 is 4.74 Å². The number of hydrogen-bond donors (Lipinski definition) is 1. The second-order valence-corrected chi connectivity index (χ2v) is 5.51. The Bertz CT molecular complexity index is 993. The van der Waals surface area contributed by atoms with E-state index in [1.807, 2.05) is 48.8 Å². The van der Waals surface area contributed by atoms with E-state index < -0.39 is 0 Å². The molecule has 5 nitrogen and oxygen atoms in total. The Morgan fingerprint density at radius 1 is 1.12 bits per heavy atom. The van der Waals surface area contributed by atoms with E-state index in [0.717, 1.165) is 39.3 Å². The van der Waals surface area contributed by atoms with Crippen molar-refractivity contribution in [1.82, 2.24) is 19.9 Å². The van der Waals surface area contributed by atoms with Gasteiger partial charge in [0.15, 0.2) is 0 Å². The summed E-state index contributed by atoms with van der Waals surface area (Å²) in [5.74, 6) is 1.62. The molecule has 5 heteroatoms. The molecular formula is C19H16N4O. The zero-order valence-electron chi connectivity index (χ0n) is 13.2. The third-order valence-electron chi connectivity index (χ3n) is 3.96. The molecule has 0 aliphatic carbocycles. The zero-order valence-corrected chi connectivity index (χ0v) is 13.2. The maximum Gasteiger partial charge on any atom is 0.133 e. The van der Waals surface area contributed by atoms with Crippen LogP contribution in [0.5, 0.6) is 5.75 Å². The molecule has 118 valence electrons. The summed E-state index contributed by atoms with van der Waals surface area (Å²) in [5, 5.41) is 1.06. The van der Waals surface area contributed by atoms with Crippen molar-refractivity contribution in [3.05, 3.63) is 72.6 Å². The van der Waals surface area contributed by atoms with Gasteiger partial charge < -0.3 is 9.72 Å². The van der Waals surface area contributed by atoms with Gasteiger partial charge in [-0.3, -0.25) is 4.98 Å². The molecule has 0 bridgehead atoms. The number of rotatable bonds is 4. The molecule has 0 aliphatic rings. The van der Waals surface area contributed by atoms with Gasteiger partial charge in [-0.2, -0.15) is 0 Å². The largest absolute Gasteiger partial charge is 0.497 e. The number of pyridine rings is 1. The number of nitrogens with one attached hydrogen (secondary N) is 1. The standard InChI is InChI=1S/C19H16N4O/c1-24-14-4-2-3-13(9-14)10-19-21-8-6-18(23-19)16-12-22-17-5-7-20-11-15(16)17/h2-9,11-12,22H,10H2,1H3. The first kappa shape index (κ1) is 14.4. The molecule has 4 aromatic rings. The predicted molar refractivity (Wildman–Crippen MR) is 92.9 cm³/mol. The van der Waals surface area contributed by atoms with Crippen LogP contribution in [-0.2, 0) is 6.42 Å². The monoisotopic (exact) mass is 316 g/mol. The molecular weight excluding hydrogens is 300 g/mol. The summed E-state index contributed by atoms with van der Waals surface area (Å²) in [5.41, 5.74) is 4.09. The van der Waals surface area contributed by atoms with Gasteiger partial charge in [0.25, 0.3) is 0 Å². The number of methoxy groups -OCH3 is 1. The van der Waals surface area contributed by atoms with Crippen molar-refractivity contribution in [3.8, 4) is 17.0 Å². The van der Waals surface area contributed by atoms with Crippen LogP contribution < -0.4 is 4.74 Å². The highest BCUT2D eigenvalue weighted by molar-refractivity contribution is 5.93. The lowest BCUT2D eigenvalue weighted by atomic mass is 10.1. The number of hydrogen-bond acceptors (Lipinski definition) is 4. The molecule has 3 heterocycles. The van der Waals surface area contributed by atoms with E-state index in [0.29, 0.717) is 6.42 Å². The first-order valence-corrected chi connectivity index (χ1v) is 7.70. The number of ether oxygens (including phenoxy) is 1. The molecule has 1 aromatic carbocycles. The first-order valence-electron chi connectivity index (χ1n) is 7.70. The lowest BCUT2D eigenvalue weighted by molar-refractivity contribution is 0.414. The molecule has 0 fully saturated rings. The predicted octanol–water partition coefficient (Wildman–Crippen LogP) is 3.62. The van der Waals surface area contributed by atoms with Crippen LogP contribution in [0.15, 0.2) is 61.2 Å². The molecule has 4 rings (SSSR count). The van der Waals surface area contributed by atoms with E-state index in [2.05, 4.69) is 15.0 Å². The Hall–Kier alpha value is -3.21. The van der Waals surface area contributed by atoms with Gasteiger partial charge >= 0.3 is 0 Å². The Balaban J connectivity index is 1.68. The number of aromatic nitrogens is 4. The van der Waals surface area contributed by atoms with Crippen LogP contribution in [0.25, 0.3) is 22.2 Å². The van der Waals surface area contributed by atoms with E-state index >= 15 is 0 Å². The van der Waals surface area contributed by atoms with Gasteiger partial charge in [0, 0.05) is 47.7 Å². The Kier molecular flexibility index (Phi) is 3.67. The van der Waals surface area contributed by atoms with Crippen LogP contribution in [0, 0.1) is 0 Å². The lowest BCUT2D eigenvalue weighted by Gasteiger charge is -2.05. The molecule has 0 spiro atoms. The van der Waals surface area contributed by atoms with Gasteiger partial charge in [0.05, 0.1) is 12.8 Å². The molecule has 0 saturated carbocycles. The topological polar surface area (TPSA) is 63.7 Å². The molecule has 0 aliphatic heterocycles. The highest BCUT2D eigenvalue weighted by Gasteiger charge is 2.09. The van der Waals surface area contributed by atoms with E-state index in [1.54, 1.807) is 19.5 Å². The van der Waals surface area contributed by atoms with Gasteiger partial charge in [-0.05, 0) is 29.8 Å². The quantitative estimate of drug-likeness (QED) is 0.624.